The molecule has 0 aromatic rings. The molecule has 0 aromatic carbocycles. The molecule has 3 aliphatic rings. The zero-order chi connectivity index (χ0) is 5.90. The summed E-state index contributed by atoms with van der Waals surface area (Å²) in [6, 6.07) is 0. The number of fused-ring (bicyclic) bond motifs is 3. The molecule has 9 heavy (non-hydrogen) atoms. The number of hydrogen-bond acceptors (Lipinski definition) is 1. The highest BCUT2D eigenvalue weighted by Crippen LogP contribution is 2.54. The van der Waals surface area contributed by atoms with Gasteiger partial charge in [-0.05, 0) is 18.8 Å². The molecule has 1 heteroatoms. The molecule has 1 aliphatic heterocycles. The maximum atomic E-state index is 5.44. The van der Waals surface area contributed by atoms with Crippen molar-refractivity contribution >= 4 is 0 Å². The van der Waals surface area contributed by atoms with Gasteiger partial charge in [0.2, 0.25) is 0 Å². The summed E-state index contributed by atoms with van der Waals surface area (Å²) in [5.74, 6) is 1.67. The van der Waals surface area contributed by atoms with E-state index in [1.54, 1.807) is 0 Å². The van der Waals surface area contributed by atoms with Crippen molar-refractivity contribution in [3.05, 3.63) is 12.2 Å². The van der Waals surface area contributed by atoms with Crippen LogP contribution in [-0.4, -0.2) is 12.2 Å². The highest BCUT2D eigenvalue weighted by molar-refractivity contribution is 5.21. The maximum absolute atomic E-state index is 5.44. The predicted molar refractivity (Wildman–Crippen MR) is 34.0 cm³/mol. The van der Waals surface area contributed by atoms with Gasteiger partial charge >= 0.3 is 0 Å². The summed E-state index contributed by atoms with van der Waals surface area (Å²) in [4.78, 5) is 0. The first-order chi connectivity index (χ1) is 4.39. The number of allylic oxidation sites excluding steroid dienone is 1. The summed E-state index contributed by atoms with van der Waals surface area (Å²) in [7, 11) is 0. The SMILES string of the molecule is C1=CC2CC1CC21CO1. The first-order valence-corrected chi connectivity index (χ1v) is 3.71. The van der Waals surface area contributed by atoms with Crippen LogP contribution in [0.4, 0.5) is 0 Å². The third-order valence-corrected chi connectivity index (χ3v) is 2.97. The summed E-state index contributed by atoms with van der Waals surface area (Å²) in [6.45, 7) is 1.04. The molecule has 0 radical (unpaired) electrons. The third-order valence-electron chi connectivity index (χ3n) is 2.97. The fourth-order valence-electron chi connectivity index (χ4n) is 2.34. The second-order valence-electron chi connectivity index (χ2n) is 3.54. The number of hydrogen-bond donors (Lipinski definition) is 0. The van der Waals surface area contributed by atoms with Crippen LogP contribution in [0.15, 0.2) is 12.2 Å². The highest BCUT2D eigenvalue weighted by Gasteiger charge is 2.57. The number of ether oxygens (including phenoxy) is 1. The Labute approximate surface area is 54.7 Å². The van der Waals surface area contributed by atoms with Crippen molar-refractivity contribution in [2.45, 2.75) is 18.4 Å². The van der Waals surface area contributed by atoms with E-state index in [-0.39, 0.29) is 0 Å². The molecule has 1 nitrogen and oxygen atoms in total. The molecule has 0 amide bonds. The summed E-state index contributed by atoms with van der Waals surface area (Å²) >= 11 is 0. The van der Waals surface area contributed by atoms with Gasteiger partial charge in [-0.15, -0.1) is 0 Å². The Morgan fingerprint density at radius 1 is 1.44 bits per heavy atom. The van der Waals surface area contributed by atoms with E-state index in [2.05, 4.69) is 12.2 Å². The molecule has 1 heterocycles. The molecule has 48 valence electrons. The average Bonchev–Trinajstić information content (AvgIpc) is 2.40. The fourth-order valence-corrected chi connectivity index (χ4v) is 2.34. The Balaban J connectivity index is 2.05. The molecular formula is C8H10O. The lowest BCUT2D eigenvalue weighted by molar-refractivity contribution is 0.268. The van der Waals surface area contributed by atoms with Gasteiger partial charge in [-0.3, -0.25) is 0 Å². The second kappa shape index (κ2) is 1.10. The van der Waals surface area contributed by atoms with E-state index in [0.717, 1.165) is 18.4 Å². The van der Waals surface area contributed by atoms with Crippen LogP contribution in [0, 0.1) is 11.8 Å². The van der Waals surface area contributed by atoms with Gasteiger partial charge in [0.15, 0.2) is 0 Å². The van der Waals surface area contributed by atoms with E-state index >= 15 is 0 Å². The maximum Gasteiger partial charge on any atom is 0.0984 e. The molecule has 3 unspecified atom stereocenters. The van der Waals surface area contributed by atoms with Crippen LogP contribution in [0.2, 0.25) is 0 Å². The quantitative estimate of drug-likeness (QED) is 0.349. The summed E-state index contributed by atoms with van der Waals surface area (Å²) in [5.41, 5.74) is 0.374. The Bertz CT molecular complexity index is 179. The molecule has 2 bridgehead atoms. The first-order valence-electron chi connectivity index (χ1n) is 3.71. The fraction of sp³-hybridized carbons (Fsp3) is 0.750. The smallest absolute Gasteiger partial charge is 0.0984 e. The lowest BCUT2D eigenvalue weighted by Gasteiger charge is -2.10. The third kappa shape index (κ3) is 0.410. The Morgan fingerprint density at radius 3 is 2.67 bits per heavy atom. The molecular weight excluding hydrogens is 112 g/mol. The standard InChI is InChI=1S/C8H10O/c1-2-7-3-6(1)4-8(7)5-9-8/h1-2,6-7H,3-5H2. The van der Waals surface area contributed by atoms with Crippen molar-refractivity contribution in [2.75, 3.05) is 6.61 Å². The Hall–Kier alpha value is -0.300. The van der Waals surface area contributed by atoms with Gasteiger partial charge in [-0.25, -0.2) is 0 Å². The lowest BCUT2D eigenvalue weighted by Crippen LogP contribution is -2.16. The monoisotopic (exact) mass is 122 g/mol. The zero-order valence-corrected chi connectivity index (χ0v) is 5.34. The molecule has 2 fully saturated rings. The van der Waals surface area contributed by atoms with Gasteiger partial charge in [0.05, 0.1) is 12.2 Å². The Morgan fingerprint density at radius 2 is 2.33 bits per heavy atom. The molecule has 1 saturated heterocycles. The minimum Gasteiger partial charge on any atom is -0.369 e. The van der Waals surface area contributed by atoms with Crippen LogP contribution in [0.25, 0.3) is 0 Å². The van der Waals surface area contributed by atoms with Gasteiger partial charge in [-0.1, -0.05) is 12.2 Å². The first kappa shape index (κ1) is 4.51. The normalized spacial score (nSPS) is 59.6. The average molecular weight is 122 g/mol. The van der Waals surface area contributed by atoms with Crippen LogP contribution in [0.1, 0.15) is 12.8 Å². The highest BCUT2D eigenvalue weighted by atomic mass is 16.6. The summed E-state index contributed by atoms with van der Waals surface area (Å²) in [6.07, 6.45) is 7.40. The van der Waals surface area contributed by atoms with Gasteiger partial charge in [-0.2, -0.15) is 0 Å². The van der Waals surface area contributed by atoms with Crippen molar-refractivity contribution in [3.8, 4) is 0 Å². The number of epoxide rings is 1. The molecule has 0 N–H and O–H groups in total. The van der Waals surface area contributed by atoms with Gasteiger partial charge in [0.1, 0.15) is 0 Å². The van der Waals surface area contributed by atoms with Gasteiger partial charge in [0.25, 0.3) is 0 Å². The van der Waals surface area contributed by atoms with Crippen molar-refractivity contribution in [1.82, 2.24) is 0 Å². The van der Waals surface area contributed by atoms with Crippen LogP contribution < -0.4 is 0 Å². The molecule has 1 spiro atoms. The van der Waals surface area contributed by atoms with Gasteiger partial charge < -0.3 is 4.74 Å². The molecule has 3 rings (SSSR count). The molecule has 3 atom stereocenters. The summed E-state index contributed by atoms with van der Waals surface area (Å²) < 4.78 is 5.44. The van der Waals surface area contributed by atoms with Crippen LogP contribution in [0.3, 0.4) is 0 Å². The van der Waals surface area contributed by atoms with Crippen molar-refractivity contribution in [3.63, 3.8) is 0 Å². The number of rotatable bonds is 0. The van der Waals surface area contributed by atoms with Crippen molar-refractivity contribution < 1.29 is 4.74 Å². The molecule has 0 aromatic heterocycles. The minimum absolute atomic E-state index is 0.374. The topological polar surface area (TPSA) is 12.5 Å². The minimum atomic E-state index is 0.374. The summed E-state index contributed by atoms with van der Waals surface area (Å²) in [5, 5.41) is 0. The van der Waals surface area contributed by atoms with E-state index in [1.165, 1.54) is 12.8 Å². The molecule has 1 saturated carbocycles. The van der Waals surface area contributed by atoms with Gasteiger partial charge in [0, 0.05) is 5.92 Å². The van der Waals surface area contributed by atoms with Crippen LogP contribution in [0.5, 0.6) is 0 Å². The van der Waals surface area contributed by atoms with E-state index in [4.69, 9.17) is 4.74 Å². The van der Waals surface area contributed by atoms with Crippen molar-refractivity contribution in [1.29, 1.82) is 0 Å². The lowest BCUT2D eigenvalue weighted by atomic mass is 9.95. The molecule has 2 aliphatic carbocycles. The van der Waals surface area contributed by atoms with Crippen molar-refractivity contribution in [2.24, 2.45) is 11.8 Å². The second-order valence-corrected chi connectivity index (χ2v) is 3.54. The zero-order valence-electron chi connectivity index (χ0n) is 5.34. The van der Waals surface area contributed by atoms with E-state index in [9.17, 15) is 0 Å². The van der Waals surface area contributed by atoms with E-state index < -0.39 is 0 Å². The van der Waals surface area contributed by atoms with E-state index in [1.807, 2.05) is 0 Å². The largest absolute Gasteiger partial charge is 0.369 e. The Kier molecular flexibility index (Phi) is 0.552. The predicted octanol–water partition coefficient (Wildman–Crippen LogP) is 1.35. The van der Waals surface area contributed by atoms with Crippen LogP contribution >= 0.6 is 0 Å². The van der Waals surface area contributed by atoms with E-state index in [0.29, 0.717) is 5.60 Å². The van der Waals surface area contributed by atoms with Crippen LogP contribution in [-0.2, 0) is 4.74 Å².